The van der Waals surface area contributed by atoms with Gasteiger partial charge >= 0.3 is 19.4 Å². The van der Waals surface area contributed by atoms with Crippen molar-refractivity contribution in [2.24, 2.45) is 5.73 Å². The third kappa shape index (κ3) is 10.4. The molecule has 0 unspecified atom stereocenters. The lowest BCUT2D eigenvalue weighted by Crippen LogP contribution is -2.62. The number of aromatic amines is 1. The van der Waals surface area contributed by atoms with E-state index < -0.39 is 91.2 Å². The van der Waals surface area contributed by atoms with E-state index in [9.17, 15) is 38.4 Å². The second kappa shape index (κ2) is 19.9. The largest absolute Gasteiger partial charge is 0.465 e. The SMILES string of the molecule is CCOP(=O)(OCC)C(F)(F)c1ccc2[nH]c(C(=O)N[C@H]3CN(C(=O)O)CC[C@H]4CC[C@@H](C(=O)N[C@@H](CCC(N)=O)C(=O)NC(c5ccccc5)c5ccccc5)N4C3=O)cc2c1. The van der Waals surface area contributed by atoms with E-state index in [0.29, 0.717) is 6.42 Å². The number of hydrogen-bond donors (Lipinski definition) is 6. The Balaban J connectivity index is 1.23. The molecule has 63 heavy (non-hydrogen) atoms. The number of benzene rings is 3. The quantitative estimate of drug-likeness (QED) is 0.0777. The van der Waals surface area contributed by atoms with E-state index in [0.717, 1.165) is 28.2 Å². The number of primary amides is 1. The molecule has 0 saturated carbocycles. The van der Waals surface area contributed by atoms with Crippen molar-refractivity contribution < 1.29 is 56.3 Å². The van der Waals surface area contributed by atoms with Crippen LogP contribution in [0.3, 0.4) is 0 Å². The molecular weight excluding hydrogens is 843 g/mol. The Labute approximate surface area is 361 Å². The maximum absolute atomic E-state index is 15.6. The molecule has 0 radical (unpaired) electrons. The van der Waals surface area contributed by atoms with E-state index in [1.165, 1.54) is 30.9 Å². The number of alkyl halides is 2. The molecule has 2 aliphatic rings. The zero-order valence-electron chi connectivity index (χ0n) is 34.6. The minimum Gasteiger partial charge on any atom is -0.465 e. The normalized spacial score (nSPS) is 18.6. The van der Waals surface area contributed by atoms with Gasteiger partial charge in [0.1, 0.15) is 23.8 Å². The molecule has 17 nitrogen and oxygen atoms in total. The van der Waals surface area contributed by atoms with Gasteiger partial charge in [-0.05, 0) is 68.9 Å². The molecule has 4 aromatic rings. The molecule has 0 aliphatic carbocycles. The van der Waals surface area contributed by atoms with Crippen molar-refractivity contribution in [3.8, 4) is 0 Å². The Hall–Kier alpha value is -6.17. The summed E-state index contributed by atoms with van der Waals surface area (Å²) in [5.41, 5.74) is 2.31. The molecule has 6 rings (SSSR count). The highest BCUT2D eigenvalue weighted by Crippen LogP contribution is 2.66. The van der Waals surface area contributed by atoms with E-state index in [1.54, 1.807) is 0 Å². The Kier molecular flexibility index (Phi) is 14.6. The number of halogens is 2. The van der Waals surface area contributed by atoms with Crippen LogP contribution in [0, 0.1) is 0 Å². The third-order valence-electron chi connectivity index (χ3n) is 11.1. The zero-order valence-corrected chi connectivity index (χ0v) is 35.5. The summed E-state index contributed by atoms with van der Waals surface area (Å²) in [6.07, 6.45) is -1.11. The van der Waals surface area contributed by atoms with E-state index in [2.05, 4.69) is 20.9 Å². The number of nitrogens with one attached hydrogen (secondary N) is 4. The first-order chi connectivity index (χ1) is 30.1. The molecule has 6 amide bonds. The van der Waals surface area contributed by atoms with Crippen molar-refractivity contribution >= 4 is 54.1 Å². The standard InChI is InChI=1S/C43H50F2N7O10P/c1-3-61-63(60,62-4-2)43(44,45)29-15-17-31-28(23-29)24-33(47-31)39(55)49-34-25-51(42(58)59)22-21-30-16-19-35(52(30)41(34)57)40(56)48-32(18-20-36(46)53)38(54)50-37(26-11-7-5-8-12-26)27-13-9-6-10-14-27/h5-15,17,23-24,30,32,34-35,37,47H,3-4,16,18-22,25H2,1-2H3,(H2,46,53)(H,48,56)(H,49,55)(H,50,54)(H,58,59)/t30-,32+,34+,35+/m1/s1. The molecule has 0 bridgehead atoms. The smallest absolute Gasteiger partial charge is 0.407 e. The molecule has 2 saturated heterocycles. The molecular formula is C43H50F2N7O10P. The van der Waals surface area contributed by atoms with Gasteiger partial charge in [0.2, 0.25) is 23.6 Å². The van der Waals surface area contributed by atoms with E-state index >= 15 is 8.78 Å². The second-order valence-corrected chi connectivity index (χ2v) is 17.3. The maximum Gasteiger partial charge on any atom is 0.407 e. The summed E-state index contributed by atoms with van der Waals surface area (Å²) in [6, 6.07) is 17.7. The van der Waals surface area contributed by atoms with Crippen LogP contribution in [0.5, 0.6) is 0 Å². The summed E-state index contributed by atoms with van der Waals surface area (Å²) in [4.78, 5) is 85.8. The lowest BCUT2D eigenvalue weighted by molar-refractivity contribution is -0.143. The van der Waals surface area contributed by atoms with Crippen molar-refractivity contribution in [1.82, 2.24) is 30.7 Å². The van der Waals surface area contributed by atoms with Gasteiger partial charge in [-0.2, -0.15) is 8.78 Å². The van der Waals surface area contributed by atoms with Gasteiger partial charge in [0.05, 0.1) is 25.8 Å². The van der Waals surface area contributed by atoms with Crippen LogP contribution in [0.1, 0.15) is 79.2 Å². The topological polar surface area (TPSA) is 243 Å². The predicted molar refractivity (Wildman–Crippen MR) is 225 cm³/mol. The molecule has 20 heteroatoms. The van der Waals surface area contributed by atoms with Crippen LogP contribution in [0.2, 0.25) is 0 Å². The number of nitrogens with zero attached hydrogens (tertiary/aromatic N) is 2. The summed E-state index contributed by atoms with van der Waals surface area (Å²) in [6.45, 7) is 1.68. The third-order valence-corrected chi connectivity index (χ3v) is 13.2. The molecule has 2 aliphatic heterocycles. The number of amides is 6. The van der Waals surface area contributed by atoms with Crippen molar-refractivity contribution in [2.45, 2.75) is 81.8 Å². The number of aromatic nitrogens is 1. The van der Waals surface area contributed by atoms with Crippen molar-refractivity contribution in [3.05, 3.63) is 107 Å². The van der Waals surface area contributed by atoms with Crippen LogP contribution >= 0.6 is 7.60 Å². The number of carbonyl (C=O) groups is 6. The maximum atomic E-state index is 15.6. The fourth-order valence-corrected chi connectivity index (χ4v) is 9.54. The average Bonchev–Trinajstić information content (AvgIpc) is 3.89. The molecule has 3 heterocycles. The van der Waals surface area contributed by atoms with Gasteiger partial charge in [0, 0.05) is 35.5 Å². The number of nitrogens with two attached hydrogens (primary N) is 1. The van der Waals surface area contributed by atoms with Crippen LogP contribution in [-0.2, 0) is 38.5 Å². The van der Waals surface area contributed by atoms with Gasteiger partial charge in [-0.3, -0.25) is 28.5 Å². The Bertz CT molecular complexity index is 2320. The molecule has 2 fully saturated rings. The van der Waals surface area contributed by atoms with E-state index in [1.807, 2.05) is 60.7 Å². The molecule has 3 aromatic carbocycles. The minimum atomic E-state index is -4.94. The number of rotatable bonds is 17. The first kappa shape index (κ1) is 46.3. The molecule has 4 atom stereocenters. The van der Waals surface area contributed by atoms with Crippen LogP contribution < -0.4 is 21.7 Å². The molecule has 0 spiro atoms. The monoisotopic (exact) mass is 893 g/mol. The van der Waals surface area contributed by atoms with E-state index in [4.69, 9.17) is 14.8 Å². The first-order valence-electron chi connectivity index (χ1n) is 20.6. The second-order valence-electron chi connectivity index (χ2n) is 15.2. The average molecular weight is 894 g/mol. The van der Waals surface area contributed by atoms with E-state index in [-0.39, 0.29) is 62.0 Å². The van der Waals surface area contributed by atoms with Crippen LogP contribution in [0.25, 0.3) is 10.9 Å². The summed E-state index contributed by atoms with van der Waals surface area (Å²) < 4.78 is 54.0. The summed E-state index contributed by atoms with van der Waals surface area (Å²) in [5, 5.41) is 18.4. The van der Waals surface area contributed by atoms with Crippen LogP contribution in [0.15, 0.2) is 84.9 Å². The highest BCUT2D eigenvalue weighted by atomic mass is 31.2. The number of H-pyrrole nitrogens is 1. The Morgan fingerprint density at radius 1 is 0.921 bits per heavy atom. The van der Waals surface area contributed by atoms with Gasteiger partial charge in [-0.25, -0.2) is 4.79 Å². The van der Waals surface area contributed by atoms with Crippen molar-refractivity contribution in [1.29, 1.82) is 0 Å². The predicted octanol–water partition coefficient (Wildman–Crippen LogP) is 4.98. The summed E-state index contributed by atoms with van der Waals surface area (Å²) >= 11 is 0. The Morgan fingerprint density at radius 3 is 2.14 bits per heavy atom. The zero-order chi connectivity index (χ0) is 45.5. The lowest BCUT2D eigenvalue weighted by Gasteiger charge is -2.38. The summed E-state index contributed by atoms with van der Waals surface area (Å²) in [5.74, 6) is -3.65. The molecule has 7 N–H and O–H groups in total. The van der Waals surface area contributed by atoms with Crippen molar-refractivity contribution in [2.75, 3.05) is 26.3 Å². The highest BCUT2D eigenvalue weighted by Gasteiger charge is 2.55. The van der Waals surface area contributed by atoms with Gasteiger partial charge in [-0.1, -0.05) is 66.7 Å². The highest BCUT2D eigenvalue weighted by molar-refractivity contribution is 7.54. The number of hydrogen-bond acceptors (Lipinski definition) is 9. The molecule has 336 valence electrons. The first-order valence-corrected chi connectivity index (χ1v) is 22.1. The van der Waals surface area contributed by atoms with Gasteiger partial charge in [-0.15, -0.1) is 0 Å². The molecule has 1 aromatic heterocycles. The summed E-state index contributed by atoms with van der Waals surface area (Å²) in [7, 11) is -4.94. The van der Waals surface area contributed by atoms with Gasteiger partial charge in [0.15, 0.2) is 0 Å². The lowest BCUT2D eigenvalue weighted by atomic mass is 9.98. The number of carbonyl (C=O) groups excluding carboxylic acids is 5. The van der Waals surface area contributed by atoms with Gasteiger partial charge < -0.3 is 50.6 Å². The van der Waals surface area contributed by atoms with Crippen LogP contribution in [-0.4, -0.2) is 106 Å². The van der Waals surface area contributed by atoms with Crippen molar-refractivity contribution in [3.63, 3.8) is 0 Å². The fourth-order valence-electron chi connectivity index (χ4n) is 8.00. The Morgan fingerprint density at radius 2 is 1.56 bits per heavy atom. The van der Waals surface area contributed by atoms with Crippen LogP contribution in [0.4, 0.5) is 13.6 Å². The van der Waals surface area contributed by atoms with Gasteiger partial charge in [0.25, 0.3) is 5.91 Å². The number of carboxylic acid groups (broad SMARTS) is 1. The fraction of sp³-hybridized carbons (Fsp3) is 0.395. The minimum absolute atomic E-state index is 0.0365. The number of fused-ring (bicyclic) bond motifs is 2.